The highest BCUT2D eigenvalue weighted by Crippen LogP contribution is 2.25. The zero-order valence-electron chi connectivity index (χ0n) is 12.5. The molecule has 0 saturated heterocycles. The number of aryl methyl sites for hydroxylation is 1. The van der Waals surface area contributed by atoms with Gasteiger partial charge in [0, 0.05) is 31.0 Å². The third-order valence-electron chi connectivity index (χ3n) is 3.71. The SMILES string of the molecule is O=C1CCc2cc(S(=O)(=O)NCCc3cccnc3)ccc2N1. The Balaban J connectivity index is 1.69. The van der Waals surface area contributed by atoms with Gasteiger partial charge in [-0.1, -0.05) is 6.07 Å². The number of rotatable bonds is 5. The lowest BCUT2D eigenvalue weighted by molar-refractivity contribution is -0.116. The maximum atomic E-state index is 12.4. The Labute approximate surface area is 135 Å². The lowest BCUT2D eigenvalue weighted by atomic mass is 10.0. The van der Waals surface area contributed by atoms with Crippen LogP contribution in [0.5, 0.6) is 0 Å². The second kappa shape index (κ2) is 6.47. The number of carbonyl (C=O) groups excluding carboxylic acids is 1. The molecule has 3 rings (SSSR count). The molecule has 0 radical (unpaired) electrons. The first-order valence-electron chi connectivity index (χ1n) is 7.36. The van der Waals surface area contributed by atoms with Crippen LogP contribution >= 0.6 is 0 Å². The molecule has 2 N–H and O–H groups in total. The lowest BCUT2D eigenvalue weighted by Crippen LogP contribution is -2.26. The number of benzene rings is 1. The fourth-order valence-electron chi connectivity index (χ4n) is 2.49. The molecule has 23 heavy (non-hydrogen) atoms. The lowest BCUT2D eigenvalue weighted by Gasteiger charge is -2.17. The molecule has 0 unspecified atom stereocenters. The molecule has 1 amide bonds. The van der Waals surface area contributed by atoms with Crippen molar-refractivity contribution in [2.24, 2.45) is 0 Å². The van der Waals surface area contributed by atoms with Gasteiger partial charge in [-0.25, -0.2) is 13.1 Å². The molecule has 1 aromatic carbocycles. The van der Waals surface area contributed by atoms with Gasteiger partial charge in [-0.05, 0) is 48.2 Å². The van der Waals surface area contributed by atoms with E-state index in [1.165, 1.54) is 6.07 Å². The first kappa shape index (κ1) is 15.6. The maximum Gasteiger partial charge on any atom is 0.240 e. The summed E-state index contributed by atoms with van der Waals surface area (Å²) in [6.45, 7) is 0.307. The van der Waals surface area contributed by atoms with Gasteiger partial charge < -0.3 is 5.32 Å². The van der Waals surface area contributed by atoms with E-state index >= 15 is 0 Å². The van der Waals surface area contributed by atoms with E-state index in [0.717, 1.165) is 11.1 Å². The molecular weight excluding hydrogens is 314 g/mol. The van der Waals surface area contributed by atoms with Crippen LogP contribution in [0, 0.1) is 0 Å². The van der Waals surface area contributed by atoms with Crippen LogP contribution in [0.25, 0.3) is 0 Å². The van der Waals surface area contributed by atoms with E-state index < -0.39 is 10.0 Å². The summed E-state index contributed by atoms with van der Waals surface area (Å²) in [6, 6.07) is 8.50. The molecule has 1 aromatic heterocycles. The molecular formula is C16H17N3O3S. The van der Waals surface area contributed by atoms with E-state index in [-0.39, 0.29) is 10.8 Å². The molecule has 6 nitrogen and oxygen atoms in total. The highest BCUT2D eigenvalue weighted by atomic mass is 32.2. The number of nitrogens with one attached hydrogen (secondary N) is 2. The van der Waals surface area contributed by atoms with Gasteiger partial charge >= 0.3 is 0 Å². The van der Waals surface area contributed by atoms with Gasteiger partial charge in [-0.3, -0.25) is 9.78 Å². The third-order valence-corrected chi connectivity index (χ3v) is 5.17. The maximum absolute atomic E-state index is 12.4. The third kappa shape index (κ3) is 3.75. The highest BCUT2D eigenvalue weighted by Gasteiger charge is 2.19. The zero-order valence-corrected chi connectivity index (χ0v) is 13.3. The molecule has 0 spiro atoms. The van der Waals surface area contributed by atoms with E-state index in [9.17, 15) is 13.2 Å². The van der Waals surface area contributed by atoms with Crippen LogP contribution in [0.15, 0.2) is 47.6 Å². The molecule has 0 fully saturated rings. The number of sulfonamides is 1. The molecule has 0 saturated carbocycles. The van der Waals surface area contributed by atoms with Gasteiger partial charge in [0.1, 0.15) is 0 Å². The predicted molar refractivity (Wildman–Crippen MR) is 86.5 cm³/mol. The van der Waals surface area contributed by atoms with Crippen LogP contribution in [0.4, 0.5) is 5.69 Å². The molecule has 0 bridgehead atoms. The summed E-state index contributed by atoms with van der Waals surface area (Å²) < 4.78 is 27.3. The van der Waals surface area contributed by atoms with Crippen molar-refractivity contribution >= 4 is 21.6 Å². The number of hydrogen-bond donors (Lipinski definition) is 2. The van der Waals surface area contributed by atoms with Gasteiger partial charge in [-0.2, -0.15) is 0 Å². The molecule has 120 valence electrons. The molecule has 0 atom stereocenters. The van der Waals surface area contributed by atoms with E-state index in [1.54, 1.807) is 24.5 Å². The topological polar surface area (TPSA) is 88.2 Å². The summed E-state index contributed by atoms with van der Waals surface area (Å²) >= 11 is 0. The number of pyridine rings is 1. The second-order valence-corrected chi connectivity index (χ2v) is 7.14. The molecule has 2 heterocycles. The number of amides is 1. The summed E-state index contributed by atoms with van der Waals surface area (Å²) in [6.07, 6.45) is 4.91. The van der Waals surface area contributed by atoms with Crippen molar-refractivity contribution in [3.05, 3.63) is 53.9 Å². The van der Waals surface area contributed by atoms with Crippen molar-refractivity contribution in [1.29, 1.82) is 0 Å². The summed E-state index contributed by atoms with van der Waals surface area (Å²) in [5.41, 5.74) is 2.51. The average molecular weight is 331 g/mol. The molecule has 1 aliphatic rings. The van der Waals surface area contributed by atoms with Crippen LogP contribution in [-0.4, -0.2) is 25.9 Å². The fourth-order valence-corrected chi connectivity index (χ4v) is 3.57. The predicted octanol–water partition coefficient (Wildman–Crippen LogP) is 1.49. The monoisotopic (exact) mass is 331 g/mol. The molecule has 0 aliphatic carbocycles. The highest BCUT2D eigenvalue weighted by molar-refractivity contribution is 7.89. The number of carbonyl (C=O) groups is 1. The largest absolute Gasteiger partial charge is 0.326 e. The van der Waals surface area contributed by atoms with E-state index in [2.05, 4.69) is 15.0 Å². The Kier molecular flexibility index (Phi) is 4.40. The quantitative estimate of drug-likeness (QED) is 0.869. The minimum Gasteiger partial charge on any atom is -0.326 e. The van der Waals surface area contributed by atoms with E-state index in [1.807, 2.05) is 12.1 Å². The van der Waals surface area contributed by atoms with Crippen molar-refractivity contribution in [3.63, 3.8) is 0 Å². The smallest absolute Gasteiger partial charge is 0.240 e. The summed E-state index contributed by atoms with van der Waals surface area (Å²) in [5.74, 6) is -0.0392. The minimum atomic E-state index is -3.56. The van der Waals surface area contributed by atoms with Gasteiger partial charge in [-0.15, -0.1) is 0 Å². The standard InChI is InChI=1S/C16H17N3O3S/c20-16-6-3-13-10-14(4-5-15(13)19-16)23(21,22)18-9-7-12-2-1-8-17-11-12/h1-2,4-5,8,10-11,18H,3,6-7,9H2,(H,19,20). The Hall–Kier alpha value is -2.25. The molecule has 7 heteroatoms. The van der Waals surface area contributed by atoms with Crippen molar-refractivity contribution in [1.82, 2.24) is 9.71 Å². The first-order valence-corrected chi connectivity index (χ1v) is 8.84. The van der Waals surface area contributed by atoms with Crippen LogP contribution in [0.1, 0.15) is 17.5 Å². The van der Waals surface area contributed by atoms with Gasteiger partial charge in [0.15, 0.2) is 0 Å². The van der Waals surface area contributed by atoms with Crippen LogP contribution in [0.2, 0.25) is 0 Å². The first-order chi connectivity index (χ1) is 11.0. The van der Waals surface area contributed by atoms with Gasteiger partial charge in [0.05, 0.1) is 4.90 Å². The normalized spacial score (nSPS) is 14.2. The minimum absolute atomic E-state index is 0.0392. The Morgan fingerprint density at radius 1 is 1.22 bits per heavy atom. The molecule has 2 aromatic rings. The van der Waals surface area contributed by atoms with Crippen molar-refractivity contribution in [3.8, 4) is 0 Å². The summed E-state index contributed by atoms with van der Waals surface area (Å²) in [7, 11) is -3.56. The summed E-state index contributed by atoms with van der Waals surface area (Å²) in [5, 5.41) is 2.74. The zero-order chi connectivity index (χ0) is 16.3. The van der Waals surface area contributed by atoms with Crippen LogP contribution in [-0.2, 0) is 27.7 Å². The van der Waals surface area contributed by atoms with E-state index in [4.69, 9.17) is 0 Å². The summed E-state index contributed by atoms with van der Waals surface area (Å²) in [4.78, 5) is 15.6. The Morgan fingerprint density at radius 3 is 2.87 bits per heavy atom. The van der Waals surface area contributed by atoms with Gasteiger partial charge in [0.25, 0.3) is 0 Å². The second-order valence-electron chi connectivity index (χ2n) is 5.38. The molecule has 1 aliphatic heterocycles. The Morgan fingerprint density at radius 2 is 2.09 bits per heavy atom. The number of hydrogen-bond acceptors (Lipinski definition) is 4. The van der Waals surface area contributed by atoms with Crippen LogP contribution < -0.4 is 10.0 Å². The number of aromatic nitrogens is 1. The number of anilines is 1. The van der Waals surface area contributed by atoms with Crippen LogP contribution in [0.3, 0.4) is 0 Å². The van der Waals surface area contributed by atoms with Crippen molar-refractivity contribution < 1.29 is 13.2 Å². The van der Waals surface area contributed by atoms with E-state index in [0.29, 0.717) is 31.5 Å². The van der Waals surface area contributed by atoms with Crippen molar-refractivity contribution in [2.45, 2.75) is 24.2 Å². The fraction of sp³-hybridized carbons (Fsp3) is 0.250. The number of fused-ring (bicyclic) bond motifs is 1. The van der Waals surface area contributed by atoms with Gasteiger partial charge in [0.2, 0.25) is 15.9 Å². The average Bonchev–Trinajstić information content (AvgIpc) is 2.55. The number of nitrogens with zero attached hydrogens (tertiary/aromatic N) is 1. The van der Waals surface area contributed by atoms with Crippen molar-refractivity contribution in [2.75, 3.05) is 11.9 Å². The Bertz CT molecular complexity index is 820.